The summed E-state index contributed by atoms with van der Waals surface area (Å²) in [4.78, 5) is 40.7. The molecule has 8 heteroatoms. The predicted molar refractivity (Wildman–Crippen MR) is 121 cm³/mol. The molecule has 2 aromatic heterocycles. The summed E-state index contributed by atoms with van der Waals surface area (Å²) < 4.78 is 2.83. The van der Waals surface area contributed by atoms with E-state index in [9.17, 15) is 14.4 Å². The van der Waals surface area contributed by atoms with Crippen LogP contribution in [0.25, 0.3) is 15.9 Å². The molecule has 152 valence electrons. The van der Waals surface area contributed by atoms with Crippen LogP contribution in [0.4, 0.5) is 5.69 Å². The smallest absolute Gasteiger partial charge is 0.314 e. The van der Waals surface area contributed by atoms with Gasteiger partial charge >= 0.3 is 5.69 Å². The van der Waals surface area contributed by atoms with E-state index < -0.39 is 11.2 Å². The van der Waals surface area contributed by atoms with Gasteiger partial charge in [-0.05, 0) is 60.3 Å². The average Bonchev–Trinajstić information content (AvgIpc) is 3.22. The minimum absolute atomic E-state index is 0.190. The maximum absolute atomic E-state index is 13.3. The van der Waals surface area contributed by atoms with Crippen molar-refractivity contribution in [2.45, 2.75) is 13.5 Å². The van der Waals surface area contributed by atoms with Crippen LogP contribution < -0.4 is 16.1 Å². The minimum Gasteiger partial charge on any atom is -0.314 e. The van der Waals surface area contributed by atoms with E-state index in [4.69, 9.17) is 11.6 Å². The quantitative estimate of drug-likeness (QED) is 0.485. The van der Waals surface area contributed by atoms with E-state index in [1.54, 1.807) is 42.8 Å². The second kappa shape index (κ2) is 7.93. The molecule has 0 N–H and O–H groups in total. The molecule has 0 saturated heterocycles. The summed E-state index contributed by atoms with van der Waals surface area (Å²) in [7, 11) is 1.67. The fraction of sp³-hybridized carbons (Fsp3) is 0.136. The molecule has 0 unspecified atom stereocenters. The standard InChI is InChI=1S/C22H18ClN3O3S/c1-14-4-3-5-17(12-14)24(2)19(27)13-25-18-10-11-30-20(18)21(28)26(22(25)29)16-8-6-15(23)7-9-16/h3-12H,13H2,1-2H3. The zero-order valence-corrected chi connectivity index (χ0v) is 17.9. The van der Waals surface area contributed by atoms with Gasteiger partial charge in [-0.1, -0.05) is 23.7 Å². The van der Waals surface area contributed by atoms with E-state index >= 15 is 0 Å². The van der Waals surface area contributed by atoms with Crippen molar-refractivity contribution in [2.24, 2.45) is 0 Å². The average molecular weight is 440 g/mol. The molecule has 4 aromatic rings. The first-order chi connectivity index (χ1) is 14.4. The first kappa shape index (κ1) is 20.1. The molecule has 2 heterocycles. The molecular formula is C22H18ClN3O3S. The summed E-state index contributed by atoms with van der Waals surface area (Å²) in [5.41, 5.74) is 1.63. The van der Waals surface area contributed by atoms with Crippen LogP contribution in [0.1, 0.15) is 5.56 Å². The fourth-order valence-corrected chi connectivity index (χ4v) is 4.23. The number of anilines is 1. The monoisotopic (exact) mass is 439 g/mol. The number of carbonyl (C=O) groups excluding carboxylic acids is 1. The molecule has 1 amide bonds. The largest absolute Gasteiger partial charge is 0.336 e. The van der Waals surface area contributed by atoms with Crippen LogP contribution >= 0.6 is 22.9 Å². The van der Waals surface area contributed by atoms with Gasteiger partial charge in [0, 0.05) is 17.8 Å². The van der Waals surface area contributed by atoms with Gasteiger partial charge in [-0.2, -0.15) is 0 Å². The predicted octanol–water partition coefficient (Wildman–Crippen LogP) is 3.84. The lowest BCUT2D eigenvalue weighted by molar-refractivity contribution is -0.118. The molecule has 6 nitrogen and oxygen atoms in total. The van der Waals surface area contributed by atoms with Crippen molar-refractivity contribution in [1.29, 1.82) is 0 Å². The van der Waals surface area contributed by atoms with Crippen LogP contribution in [0.3, 0.4) is 0 Å². The number of nitrogens with zero attached hydrogens (tertiary/aromatic N) is 3. The van der Waals surface area contributed by atoms with Gasteiger partial charge in [0.2, 0.25) is 5.91 Å². The Kier molecular flexibility index (Phi) is 5.32. The Balaban J connectivity index is 1.82. The van der Waals surface area contributed by atoms with Crippen molar-refractivity contribution in [3.8, 4) is 5.69 Å². The number of halogens is 1. The molecule has 30 heavy (non-hydrogen) atoms. The van der Waals surface area contributed by atoms with E-state index in [1.807, 2.05) is 31.2 Å². The van der Waals surface area contributed by atoms with Crippen LogP contribution in [0.2, 0.25) is 5.02 Å². The number of hydrogen-bond donors (Lipinski definition) is 0. The van der Waals surface area contributed by atoms with Gasteiger partial charge in [-0.15, -0.1) is 11.3 Å². The van der Waals surface area contributed by atoms with Gasteiger partial charge in [0.1, 0.15) is 11.2 Å². The second-order valence-corrected chi connectivity index (χ2v) is 8.26. The third-order valence-electron chi connectivity index (χ3n) is 4.90. The van der Waals surface area contributed by atoms with Crippen LogP contribution in [0.15, 0.2) is 69.6 Å². The number of hydrogen-bond acceptors (Lipinski definition) is 4. The molecule has 0 saturated carbocycles. The molecule has 0 aliphatic heterocycles. The molecule has 0 aliphatic rings. The van der Waals surface area contributed by atoms with Crippen molar-refractivity contribution < 1.29 is 4.79 Å². The van der Waals surface area contributed by atoms with Gasteiger partial charge in [0.15, 0.2) is 0 Å². The maximum Gasteiger partial charge on any atom is 0.336 e. The van der Waals surface area contributed by atoms with Gasteiger partial charge in [-0.3, -0.25) is 14.2 Å². The lowest BCUT2D eigenvalue weighted by Gasteiger charge is -2.19. The highest BCUT2D eigenvalue weighted by molar-refractivity contribution is 7.17. The summed E-state index contributed by atoms with van der Waals surface area (Å²) in [6, 6.07) is 15.7. The number of amides is 1. The molecule has 0 atom stereocenters. The number of likely N-dealkylation sites (N-methyl/N-ethyl adjacent to an activating group) is 1. The van der Waals surface area contributed by atoms with E-state index in [1.165, 1.54) is 20.8 Å². The van der Waals surface area contributed by atoms with Crippen molar-refractivity contribution >= 4 is 44.7 Å². The summed E-state index contributed by atoms with van der Waals surface area (Å²) >= 11 is 7.18. The number of rotatable bonds is 4. The Hall–Kier alpha value is -3.16. The molecule has 4 rings (SSSR count). The molecule has 0 bridgehead atoms. The summed E-state index contributed by atoms with van der Waals surface area (Å²) in [5.74, 6) is -0.267. The number of carbonyl (C=O) groups is 1. The number of aromatic nitrogens is 2. The van der Waals surface area contributed by atoms with Crippen molar-refractivity contribution in [3.63, 3.8) is 0 Å². The van der Waals surface area contributed by atoms with Crippen LogP contribution in [-0.4, -0.2) is 22.1 Å². The number of thiophene rings is 1. The van der Waals surface area contributed by atoms with Crippen molar-refractivity contribution in [2.75, 3.05) is 11.9 Å². The SMILES string of the molecule is Cc1cccc(N(C)C(=O)Cn2c(=O)n(-c3ccc(Cl)cc3)c(=O)c3sccc32)c1. The number of aryl methyl sites for hydroxylation is 1. The van der Waals surface area contributed by atoms with Gasteiger partial charge < -0.3 is 4.90 Å². The van der Waals surface area contributed by atoms with Crippen LogP contribution in [0.5, 0.6) is 0 Å². The molecular weight excluding hydrogens is 422 g/mol. The highest BCUT2D eigenvalue weighted by Gasteiger charge is 2.19. The Morgan fingerprint density at radius 2 is 1.83 bits per heavy atom. The van der Waals surface area contributed by atoms with Crippen LogP contribution in [-0.2, 0) is 11.3 Å². The molecule has 0 radical (unpaired) electrons. The topological polar surface area (TPSA) is 64.3 Å². The maximum atomic E-state index is 13.3. The number of fused-ring (bicyclic) bond motifs is 1. The zero-order chi connectivity index (χ0) is 21.4. The highest BCUT2D eigenvalue weighted by atomic mass is 35.5. The molecule has 0 aliphatic carbocycles. The summed E-state index contributed by atoms with van der Waals surface area (Å²) in [5, 5.41) is 2.24. The summed E-state index contributed by atoms with van der Waals surface area (Å²) in [6.45, 7) is 1.76. The molecule has 0 spiro atoms. The van der Waals surface area contributed by atoms with Gasteiger partial charge in [0.25, 0.3) is 5.56 Å². The second-order valence-electron chi connectivity index (χ2n) is 6.91. The zero-order valence-electron chi connectivity index (χ0n) is 16.3. The third-order valence-corrected chi connectivity index (χ3v) is 6.04. The van der Waals surface area contributed by atoms with Crippen LogP contribution in [0, 0.1) is 6.92 Å². The van der Waals surface area contributed by atoms with E-state index in [0.717, 1.165) is 15.8 Å². The third kappa shape index (κ3) is 3.58. The Morgan fingerprint density at radius 1 is 1.10 bits per heavy atom. The van der Waals surface area contributed by atoms with Gasteiger partial charge in [-0.25, -0.2) is 9.36 Å². The number of benzene rings is 2. The van der Waals surface area contributed by atoms with Gasteiger partial charge in [0.05, 0.1) is 11.2 Å². The Morgan fingerprint density at radius 3 is 2.53 bits per heavy atom. The first-order valence-corrected chi connectivity index (χ1v) is 10.4. The highest BCUT2D eigenvalue weighted by Crippen LogP contribution is 2.19. The van der Waals surface area contributed by atoms with Crippen molar-refractivity contribution in [3.05, 3.63) is 91.4 Å². The summed E-state index contributed by atoms with van der Waals surface area (Å²) in [6.07, 6.45) is 0. The Labute approximate surface area is 181 Å². The van der Waals surface area contributed by atoms with Crippen molar-refractivity contribution in [1.82, 2.24) is 9.13 Å². The molecule has 0 fully saturated rings. The minimum atomic E-state index is -0.570. The Bertz CT molecular complexity index is 1370. The lowest BCUT2D eigenvalue weighted by atomic mass is 10.2. The first-order valence-electron chi connectivity index (χ1n) is 9.19. The fourth-order valence-electron chi connectivity index (χ4n) is 3.28. The normalized spacial score (nSPS) is 11.0. The lowest BCUT2D eigenvalue weighted by Crippen LogP contribution is -2.41. The van der Waals surface area contributed by atoms with E-state index in [0.29, 0.717) is 20.9 Å². The van der Waals surface area contributed by atoms with E-state index in [2.05, 4.69) is 0 Å². The molecule has 2 aromatic carbocycles. The van der Waals surface area contributed by atoms with E-state index in [-0.39, 0.29) is 12.5 Å².